The number of aryl methyl sites for hydroxylation is 1. The number of nitrogens with one attached hydrogen (secondary N) is 1. The molecule has 0 unspecified atom stereocenters. The number of pyridine rings is 1. The maximum absolute atomic E-state index is 12.1. The summed E-state index contributed by atoms with van der Waals surface area (Å²) in [6, 6.07) is 12.7. The summed E-state index contributed by atoms with van der Waals surface area (Å²) in [7, 11) is 0. The first-order chi connectivity index (χ1) is 10.6. The van der Waals surface area contributed by atoms with Crippen LogP contribution >= 0.6 is 22.9 Å². The van der Waals surface area contributed by atoms with E-state index >= 15 is 0 Å². The summed E-state index contributed by atoms with van der Waals surface area (Å²) in [5.74, 6) is -0.263. The molecule has 0 bridgehead atoms. The van der Waals surface area contributed by atoms with Gasteiger partial charge in [0, 0.05) is 21.7 Å². The second-order valence-corrected chi connectivity index (χ2v) is 5.96. The number of carbonyl (C=O) groups excluding carboxylic acids is 1. The highest BCUT2D eigenvalue weighted by Gasteiger charge is 2.11. The lowest BCUT2D eigenvalue weighted by atomic mass is 10.2. The van der Waals surface area contributed by atoms with Gasteiger partial charge >= 0.3 is 0 Å². The van der Waals surface area contributed by atoms with E-state index in [9.17, 15) is 4.79 Å². The lowest BCUT2D eigenvalue weighted by molar-refractivity contribution is 0.102. The van der Waals surface area contributed by atoms with Crippen LogP contribution in [0.3, 0.4) is 0 Å². The summed E-state index contributed by atoms with van der Waals surface area (Å²) in [4.78, 5) is 20.7. The Bertz CT molecular complexity index is 814. The summed E-state index contributed by atoms with van der Waals surface area (Å²) in [6.45, 7) is 1.85. The molecule has 1 amide bonds. The Balaban J connectivity index is 1.77. The predicted octanol–water partition coefficient (Wildman–Crippen LogP) is 4.42. The Morgan fingerprint density at radius 1 is 1.14 bits per heavy atom. The molecule has 22 heavy (non-hydrogen) atoms. The van der Waals surface area contributed by atoms with Crippen molar-refractivity contribution in [1.29, 1.82) is 0 Å². The van der Waals surface area contributed by atoms with Crippen LogP contribution in [0.15, 0.2) is 47.8 Å². The van der Waals surface area contributed by atoms with Gasteiger partial charge in [-0.05, 0) is 31.2 Å². The zero-order chi connectivity index (χ0) is 15.5. The molecule has 2 heterocycles. The topological polar surface area (TPSA) is 54.9 Å². The lowest BCUT2D eigenvalue weighted by Gasteiger charge is -2.01. The van der Waals surface area contributed by atoms with Crippen molar-refractivity contribution in [2.75, 3.05) is 5.32 Å². The van der Waals surface area contributed by atoms with E-state index in [0.717, 1.165) is 17.0 Å². The number of anilines is 1. The summed E-state index contributed by atoms with van der Waals surface area (Å²) in [5, 5.41) is 5.88. The molecule has 4 nitrogen and oxygen atoms in total. The molecule has 2 aromatic heterocycles. The monoisotopic (exact) mass is 329 g/mol. The van der Waals surface area contributed by atoms with Crippen LogP contribution in [0.4, 0.5) is 5.13 Å². The number of halogens is 1. The van der Waals surface area contributed by atoms with Crippen LogP contribution in [0.25, 0.3) is 11.3 Å². The first-order valence-corrected chi connectivity index (χ1v) is 7.84. The summed E-state index contributed by atoms with van der Waals surface area (Å²) in [5.41, 5.74) is 2.93. The van der Waals surface area contributed by atoms with Crippen molar-refractivity contribution < 1.29 is 4.79 Å². The third-order valence-corrected chi connectivity index (χ3v) is 4.00. The first-order valence-electron chi connectivity index (χ1n) is 6.58. The van der Waals surface area contributed by atoms with Crippen LogP contribution in [0.1, 0.15) is 16.2 Å². The minimum Gasteiger partial charge on any atom is -0.296 e. The first kappa shape index (κ1) is 14.7. The molecular formula is C16H12ClN3OS. The Morgan fingerprint density at radius 3 is 2.64 bits per heavy atom. The average molecular weight is 330 g/mol. The fourth-order valence-electron chi connectivity index (χ4n) is 1.92. The molecule has 0 aliphatic rings. The number of rotatable bonds is 3. The maximum atomic E-state index is 12.1. The van der Waals surface area contributed by atoms with Crippen molar-refractivity contribution >= 4 is 34.0 Å². The van der Waals surface area contributed by atoms with Gasteiger partial charge in [-0.2, -0.15) is 0 Å². The van der Waals surface area contributed by atoms with E-state index in [1.54, 1.807) is 12.1 Å². The van der Waals surface area contributed by atoms with Gasteiger partial charge in [0.25, 0.3) is 5.91 Å². The lowest BCUT2D eigenvalue weighted by Crippen LogP contribution is -2.13. The maximum Gasteiger partial charge on any atom is 0.276 e. The van der Waals surface area contributed by atoms with Crippen LogP contribution in [0.5, 0.6) is 0 Å². The highest BCUT2D eigenvalue weighted by atomic mass is 35.5. The van der Waals surface area contributed by atoms with Crippen LogP contribution in [0.2, 0.25) is 5.02 Å². The largest absolute Gasteiger partial charge is 0.296 e. The van der Waals surface area contributed by atoms with Crippen molar-refractivity contribution in [1.82, 2.24) is 9.97 Å². The molecular weight excluding hydrogens is 318 g/mol. The van der Waals surface area contributed by atoms with E-state index < -0.39 is 0 Å². The average Bonchev–Trinajstić information content (AvgIpc) is 2.96. The van der Waals surface area contributed by atoms with Gasteiger partial charge in [0.1, 0.15) is 5.69 Å². The molecule has 0 saturated carbocycles. The van der Waals surface area contributed by atoms with Crippen molar-refractivity contribution in [2.45, 2.75) is 6.92 Å². The van der Waals surface area contributed by atoms with Crippen LogP contribution in [-0.4, -0.2) is 15.9 Å². The van der Waals surface area contributed by atoms with E-state index in [1.165, 1.54) is 11.3 Å². The number of hydrogen-bond donors (Lipinski definition) is 1. The fourth-order valence-corrected chi connectivity index (χ4v) is 2.76. The van der Waals surface area contributed by atoms with Crippen LogP contribution in [0, 0.1) is 6.92 Å². The quantitative estimate of drug-likeness (QED) is 0.774. The Kier molecular flexibility index (Phi) is 4.18. The molecule has 0 saturated heterocycles. The van der Waals surface area contributed by atoms with Gasteiger partial charge in [0.2, 0.25) is 0 Å². The third kappa shape index (κ3) is 3.32. The molecule has 0 radical (unpaired) electrons. The smallest absolute Gasteiger partial charge is 0.276 e. The summed E-state index contributed by atoms with van der Waals surface area (Å²) < 4.78 is 0. The van der Waals surface area contributed by atoms with Crippen LogP contribution < -0.4 is 5.32 Å². The van der Waals surface area contributed by atoms with E-state index in [4.69, 9.17) is 11.6 Å². The molecule has 6 heteroatoms. The zero-order valence-corrected chi connectivity index (χ0v) is 13.3. The van der Waals surface area contributed by atoms with E-state index in [1.807, 2.05) is 42.6 Å². The number of amides is 1. The number of aromatic nitrogens is 2. The normalized spacial score (nSPS) is 10.5. The van der Waals surface area contributed by atoms with Gasteiger partial charge in [0.15, 0.2) is 5.13 Å². The molecule has 0 aliphatic heterocycles. The zero-order valence-electron chi connectivity index (χ0n) is 11.7. The Morgan fingerprint density at radius 2 is 1.91 bits per heavy atom. The van der Waals surface area contributed by atoms with Gasteiger partial charge < -0.3 is 0 Å². The van der Waals surface area contributed by atoms with Gasteiger partial charge in [-0.15, -0.1) is 11.3 Å². The molecule has 0 fully saturated rings. The van der Waals surface area contributed by atoms with Gasteiger partial charge in [0.05, 0.1) is 5.69 Å². The van der Waals surface area contributed by atoms with Crippen molar-refractivity contribution in [3.63, 3.8) is 0 Å². The van der Waals surface area contributed by atoms with Crippen molar-refractivity contribution in [2.24, 2.45) is 0 Å². The second-order valence-electron chi connectivity index (χ2n) is 4.66. The molecule has 0 atom stereocenters. The Labute approximate surface area is 136 Å². The molecule has 1 aromatic carbocycles. The minimum absolute atomic E-state index is 0.263. The molecule has 3 rings (SSSR count). The number of carbonyl (C=O) groups is 1. The van der Waals surface area contributed by atoms with E-state index in [-0.39, 0.29) is 5.91 Å². The molecule has 0 aliphatic carbocycles. The van der Waals surface area contributed by atoms with E-state index in [0.29, 0.717) is 15.8 Å². The van der Waals surface area contributed by atoms with E-state index in [2.05, 4.69) is 15.3 Å². The number of hydrogen-bond acceptors (Lipinski definition) is 4. The number of benzene rings is 1. The van der Waals surface area contributed by atoms with Crippen molar-refractivity contribution in [3.05, 3.63) is 64.3 Å². The fraction of sp³-hybridized carbons (Fsp3) is 0.0625. The summed E-state index contributed by atoms with van der Waals surface area (Å²) >= 11 is 7.24. The van der Waals surface area contributed by atoms with Crippen molar-refractivity contribution in [3.8, 4) is 11.3 Å². The minimum atomic E-state index is -0.263. The third-order valence-electron chi connectivity index (χ3n) is 2.99. The molecule has 3 aromatic rings. The molecule has 1 N–H and O–H groups in total. The SMILES string of the molecule is Cc1cccc(C(=O)Nc2nc(-c3ccc(Cl)cc3)cs2)n1. The number of nitrogens with zero attached hydrogens (tertiary/aromatic N) is 2. The molecule has 110 valence electrons. The number of thiazole rings is 1. The summed E-state index contributed by atoms with van der Waals surface area (Å²) in [6.07, 6.45) is 0. The highest BCUT2D eigenvalue weighted by molar-refractivity contribution is 7.14. The van der Waals surface area contributed by atoms with Gasteiger partial charge in [-0.1, -0.05) is 29.8 Å². The standard InChI is InChI=1S/C16H12ClN3OS/c1-10-3-2-4-13(18-10)15(21)20-16-19-14(9-22-16)11-5-7-12(17)8-6-11/h2-9H,1H3,(H,19,20,21). The highest BCUT2D eigenvalue weighted by Crippen LogP contribution is 2.26. The molecule has 0 spiro atoms. The predicted molar refractivity (Wildman–Crippen MR) is 89.5 cm³/mol. The van der Waals surface area contributed by atoms with Gasteiger partial charge in [-0.25, -0.2) is 9.97 Å². The van der Waals surface area contributed by atoms with Crippen LogP contribution in [-0.2, 0) is 0 Å². The second kappa shape index (κ2) is 6.25. The Hall–Kier alpha value is -2.24. The van der Waals surface area contributed by atoms with Gasteiger partial charge in [-0.3, -0.25) is 10.1 Å².